The fourth-order valence-corrected chi connectivity index (χ4v) is 5.11. The van der Waals surface area contributed by atoms with Crippen LogP contribution in [0.2, 0.25) is 0 Å². The number of aliphatic hydroxyl groups excluding tert-OH is 1. The van der Waals surface area contributed by atoms with Crippen molar-refractivity contribution in [3.63, 3.8) is 0 Å². The third-order valence-corrected chi connectivity index (χ3v) is 6.99. The Morgan fingerprint density at radius 3 is 2.62 bits per heavy atom. The molecular formula is C15H21NO3S2. The molecule has 116 valence electrons. The zero-order valence-electron chi connectivity index (χ0n) is 12.5. The van der Waals surface area contributed by atoms with E-state index in [9.17, 15) is 8.42 Å². The lowest BCUT2D eigenvalue weighted by Crippen LogP contribution is -2.42. The summed E-state index contributed by atoms with van der Waals surface area (Å²) < 4.78 is 24.3. The molecule has 0 aromatic heterocycles. The van der Waals surface area contributed by atoms with Gasteiger partial charge >= 0.3 is 0 Å². The van der Waals surface area contributed by atoms with Crippen LogP contribution in [-0.4, -0.2) is 44.2 Å². The number of likely N-dealkylation sites (N-methyl/N-ethyl adjacent to an activating group) is 1. The minimum absolute atomic E-state index is 0.00799. The Kier molecular flexibility index (Phi) is 4.70. The highest BCUT2D eigenvalue weighted by Crippen LogP contribution is 2.39. The predicted molar refractivity (Wildman–Crippen MR) is 90.2 cm³/mol. The van der Waals surface area contributed by atoms with E-state index in [1.165, 1.54) is 0 Å². The quantitative estimate of drug-likeness (QED) is 0.841. The molecule has 0 aliphatic carbocycles. The van der Waals surface area contributed by atoms with Gasteiger partial charge in [0.25, 0.3) is 0 Å². The molecule has 0 atom stereocenters. The van der Waals surface area contributed by atoms with Gasteiger partial charge in [0.2, 0.25) is 8.87 Å². The SMILES string of the molecule is CN1c2ccccc2C(CS(=O)(=O)SCCO)=CC1(C)C. The third kappa shape index (κ3) is 3.62. The number of benzene rings is 1. The molecule has 1 aliphatic rings. The summed E-state index contributed by atoms with van der Waals surface area (Å²) in [6, 6.07) is 7.85. The standard InChI is InChI=1S/C15H21NO3S2/c1-15(2)10-12(11-21(18,19)20-9-8-17)13-6-4-5-7-14(13)16(15)3/h4-7,10,17H,8-9,11H2,1-3H3. The molecule has 1 aromatic rings. The van der Waals surface area contributed by atoms with Crippen molar-refractivity contribution in [1.29, 1.82) is 0 Å². The minimum Gasteiger partial charge on any atom is -0.395 e. The maximum atomic E-state index is 12.2. The number of anilines is 1. The number of hydrogen-bond acceptors (Lipinski definition) is 5. The lowest BCUT2D eigenvalue weighted by molar-refractivity contribution is 0.323. The Morgan fingerprint density at radius 2 is 1.95 bits per heavy atom. The van der Waals surface area contributed by atoms with E-state index in [1.54, 1.807) is 0 Å². The summed E-state index contributed by atoms with van der Waals surface area (Å²) in [6.45, 7) is 4.00. The van der Waals surface area contributed by atoms with Gasteiger partial charge in [-0.3, -0.25) is 0 Å². The Morgan fingerprint density at radius 1 is 1.29 bits per heavy atom. The van der Waals surface area contributed by atoms with Gasteiger partial charge in [0.05, 0.1) is 17.9 Å². The van der Waals surface area contributed by atoms with Crippen LogP contribution in [0.5, 0.6) is 0 Å². The second-order valence-corrected chi connectivity index (χ2v) is 9.93. The first-order valence-electron chi connectivity index (χ1n) is 6.80. The molecule has 1 heterocycles. The summed E-state index contributed by atoms with van der Waals surface area (Å²) in [5, 5.41) is 8.80. The smallest absolute Gasteiger partial charge is 0.205 e. The molecule has 0 spiro atoms. The minimum atomic E-state index is -3.28. The molecule has 0 unspecified atom stereocenters. The Hall–Kier alpha value is -0.980. The Balaban J connectivity index is 2.39. The number of fused-ring (bicyclic) bond motifs is 1. The van der Waals surface area contributed by atoms with E-state index in [0.717, 1.165) is 27.6 Å². The third-order valence-electron chi connectivity index (χ3n) is 3.69. The van der Waals surface area contributed by atoms with Gasteiger partial charge < -0.3 is 10.0 Å². The summed E-state index contributed by atoms with van der Waals surface area (Å²) in [6.07, 6.45) is 2.02. The van der Waals surface area contributed by atoms with E-state index in [2.05, 4.69) is 18.7 Å². The van der Waals surface area contributed by atoms with Crippen LogP contribution in [0.25, 0.3) is 5.57 Å². The van der Waals surface area contributed by atoms with Gasteiger partial charge in [-0.2, -0.15) is 0 Å². The van der Waals surface area contributed by atoms with E-state index < -0.39 is 8.87 Å². The van der Waals surface area contributed by atoms with Crippen LogP contribution in [0.4, 0.5) is 5.69 Å². The van der Waals surface area contributed by atoms with E-state index in [-0.39, 0.29) is 23.7 Å². The van der Waals surface area contributed by atoms with E-state index in [4.69, 9.17) is 5.11 Å². The fourth-order valence-electron chi connectivity index (χ4n) is 2.46. The lowest BCUT2D eigenvalue weighted by atomic mass is 9.89. The van der Waals surface area contributed by atoms with Crippen LogP contribution < -0.4 is 4.90 Å². The topological polar surface area (TPSA) is 57.6 Å². The zero-order chi connectivity index (χ0) is 15.7. The number of nitrogens with zero attached hydrogens (tertiary/aromatic N) is 1. The van der Waals surface area contributed by atoms with Crippen molar-refractivity contribution in [2.24, 2.45) is 0 Å². The molecule has 0 bridgehead atoms. The molecule has 0 fully saturated rings. The summed E-state index contributed by atoms with van der Waals surface area (Å²) in [7, 11) is -0.453. The molecule has 6 heteroatoms. The maximum Gasteiger partial charge on any atom is 0.205 e. The molecule has 4 nitrogen and oxygen atoms in total. The van der Waals surface area contributed by atoms with Crippen molar-refractivity contribution in [3.05, 3.63) is 35.9 Å². The molecule has 1 aliphatic heterocycles. The van der Waals surface area contributed by atoms with Crippen LogP contribution in [0.3, 0.4) is 0 Å². The van der Waals surface area contributed by atoms with Gasteiger partial charge in [-0.15, -0.1) is 0 Å². The molecule has 0 saturated carbocycles. The summed E-state index contributed by atoms with van der Waals surface area (Å²) >= 11 is 0. The van der Waals surface area contributed by atoms with Gasteiger partial charge in [-0.1, -0.05) is 24.3 Å². The summed E-state index contributed by atoms with van der Waals surface area (Å²) in [5.74, 6) is 0.201. The average Bonchev–Trinajstić information content (AvgIpc) is 2.42. The average molecular weight is 327 g/mol. The molecule has 0 radical (unpaired) electrons. The number of rotatable bonds is 5. The number of aliphatic hydroxyl groups is 1. The Labute approximate surface area is 130 Å². The first kappa shape index (κ1) is 16.4. The van der Waals surface area contributed by atoms with Crippen LogP contribution in [0.1, 0.15) is 19.4 Å². The summed E-state index contributed by atoms with van der Waals surface area (Å²) in [5.41, 5.74) is 2.61. The van der Waals surface area contributed by atoms with Crippen molar-refractivity contribution in [2.45, 2.75) is 19.4 Å². The lowest BCUT2D eigenvalue weighted by Gasteiger charge is -2.41. The van der Waals surface area contributed by atoms with E-state index in [1.807, 2.05) is 37.4 Å². The molecule has 1 N–H and O–H groups in total. The molecule has 0 saturated heterocycles. The Bertz CT molecular complexity index is 651. The van der Waals surface area contributed by atoms with Gasteiger partial charge in [-0.05, 0) is 36.3 Å². The van der Waals surface area contributed by atoms with Crippen LogP contribution in [-0.2, 0) is 8.87 Å². The van der Waals surface area contributed by atoms with Crippen molar-refractivity contribution >= 4 is 30.9 Å². The van der Waals surface area contributed by atoms with E-state index >= 15 is 0 Å². The van der Waals surface area contributed by atoms with Crippen LogP contribution >= 0.6 is 10.8 Å². The first-order chi connectivity index (χ1) is 9.77. The highest BCUT2D eigenvalue weighted by atomic mass is 33.1. The second kappa shape index (κ2) is 6.02. The molecule has 2 rings (SSSR count). The van der Waals surface area contributed by atoms with Crippen molar-refractivity contribution < 1.29 is 13.5 Å². The summed E-state index contributed by atoms with van der Waals surface area (Å²) in [4.78, 5) is 2.15. The van der Waals surface area contributed by atoms with Crippen molar-refractivity contribution in [3.8, 4) is 0 Å². The van der Waals surface area contributed by atoms with E-state index in [0.29, 0.717) is 0 Å². The monoisotopic (exact) mass is 327 g/mol. The van der Waals surface area contributed by atoms with Crippen LogP contribution in [0.15, 0.2) is 30.3 Å². The van der Waals surface area contributed by atoms with Crippen LogP contribution in [0, 0.1) is 0 Å². The first-order valence-corrected chi connectivity index (χ1v) is 9.95. The maximum absolute atomic E-state index is 12.2. The van der Waals surface area contributed by atoms with Gasteiger partial charge in [0, 0.05) is 24.1 Å². The molecule has 0 amide bonds. The van der Waals surface area contributed by atoms with Crippen molar-refractivity contribution in [2.75, 3.05) is 30.1 Å². The molecule has 21 heavy (non-hydrogen) atoms. The number of para-hydroxylation sites is 1. The molecular weight excluding hydrogens is 306 g/mol. The fraction of sp³-hybridized carbons (Fsp3) is 0.467. The number of hydrogen-bond donors (Lipinski definition) is 1. The normalized spacial score (nSPS) is 17.3. The highest BCUT2D eigenvalue weighted by Gasteiger charge is 2.31. The largest absolute Gasteiger partial charge is 0.395 e. The van der Waals surface area contributed by atoms with Gasteiger partial charge in [0.1, 0.15) is 0 Å². The van der Waals surface area contributed by atoms with Crippen molar-refractivity contribution in [1.82, 2.24) is 0 Å². The zero-order valence-corrected chi connectivity index (χ0v) is 14.2. The van der Waals surface area contributed by atoms with Gasteiger partial charge in [-0.25, -0.2) is 8.42 Å². The molecule has 1 aromatic carbocycles. The van der Waals surface area contributed by atoms with Gasteiger partial charge in [0.15, 0.2) is 0 Å². The predicted octanol–water partition coefficient (Wildman–Crippen LogP) is 2.35. The second-order valence-electron chi connectivity index (χ2n) is 5.65. The highest BCUT2D eigenvalue weighted by molar-refractivity contribution is 8.72.